The van der Waals surface area contributed by atoms with E-state index >= 15 is 0 Å². The lowest BCUT2D eigenvalue weighted by Gasteiger charge is -2.21. The second-order valence-electron chi connectivity index (χ2n) is 5.75. The van der Waals surface area contributed by atoms with E-state index in [2.05, 4.69) is 10.6 Å². The van der Waals surface area contributed by atoms with Gasteiger partial charge in [-0.1, -0.05) is 12.1 Å². The maximum absolute atomic E-state index is 13.0. The number of carboxylic acid groups (broad SMARTS) is 1. The Morgan fingerprint density at radius 3 is 2.28 bits per heavy atom. The van der Waals surface area contributed by atoms with E-state index in [1.165, 1.54) is 31.2 Å². The largest absolute Gasteiger partial charge is 0.480 e. The van der Waals surface area contributed by atoms with Gasteiger partial charge in [0.05, 0.1) is 6.07 Å². The molecule has 8 heteroatoms. The number of aliphatic carboxylic acids is 1. The lowest BCUT2D eigenvalue weighted by atomic mass is 10.0. The molecule has 0 fully saturated rings. The predicted octanol–water partition coefficient (Wildman–Crippen LogP) is 0.992. The summed E-state index contributed by atoms with van der Waals surface area (Å²) in [4.78, 5) is 35.0. The molecular weight excluding hydrogens is 329 g/mol. The normalized spacial score (nSPS) is 13.8. The van der Waals surface area contributed by atoms with Crippen molar-refractivity contribution in [2.75, 3.05) is 0 Å². The van der Waals surface area contributed by atoms with Crippen molar-refractivity contribution in [3.05, 3.63) is 35.6 Å². The number of hydrogen-bond donors (Lipinski definition) is 3. The van der Waals surface area contributed by atoms with Crippen LogP contribution in [0.4, 0.5) is 4.39 Å². The van der Waals surface area contributed by atoms with Gasteiger partial charge in [0.1, 0.15) is 17.9 Å². The maximum Gasteiger partial charge on any atom is 0.326 e. The first-order chi connectivity index (χ1) is 11.7. The van der Waals surface area contributed by atoms with Crippen molar-refractivity contribution in [1.29, 1.82) is 5.26 Å². The first-order valence-corrected chi connectivity index (χ1v) is 7.67. The molecule has 3 N–H and O–H groups in total. The van der Waals surface area contributed by atoms with Crippen LogP contribution in [0.1, 0.15) is 25.8 Å². The molecule has 2 amide bonds. The van der Waals surface area contributed by atoms with Crippen LogP contribution in [-0.4, -0.2) is 35.0 Å². The summed E-state index contributed by atoms with van der Waals surface area (Å²) in [6.45, 7) is 2.78. The van der Waals surface area contributed by atoms with Gasteiger partial charge in [0.15, 0.2) is 0 Å². The minimum absolute atomic E-state index is 0.0546. The summed E-state index contributed by atoms with van der Waals surface area (Å²) in [5.74, 6) is -3.39. The number of nitrogens with zero attached hydrogens (tertiary/aromatic N) is 1. The maximum atomic E-state index is 13.0. The molecular formula is C17H20FN3O4. The molecule has 0 spiro atoms. The molecule has 134 valence electrons. The fourth-order valence-corrected chi connectivity index (χ4v) is 2.21. The summed E-state index contributed by atoms with van der Waals surface area (Å²) in [6.07, 6.45) is 0.0206. The van der Waals surface area contributed by atoms with E-state index in [1.54, 1.807) is 6.92 Å². The van der Waals surface area contributed by atoms with Gasteiger partial charge in [0.2, 0.25) is 11.8 Å². The van der Waals surface area contributed by atoms with Gasteiger partial charge in [-0.3, -0.25) is 9.59 Å². The van der Waals surface area contributed by atoms with Crippen LogP contribution in [0, 0.1) is 23.1 Å². The molecule has 0 saturated heterocycles. The Balaban J connectivity index is 2.87. The molecule has 0 heterocycles. The highest BCUT2D eigenvalue weighted by Crippen LogP contribution is 2.09. The van der Waals surface area contributed by atoms with Gasteiger partial charge in [0.25, 0.3) is 0 Å². The third kappa shape index (κ3) is 6.99. The highest BCUT2D eigenvalue weighted by atomic mass is 19.1. The number of rotatable bonds is 8. The lowest BCUT2D eigenvalue weighted by Crippen LogP contribution is -2.52. The lowest BCUT2D eigenvalue weighted by molar-refractivity contribution is -0.142. The number of benzene rings is 1. The number of hydrogen-bond acceptors (Lipinski definition) is 4. The van der Waals surface area contributed by atoms with E-state index in [4.69, 9.17) is 5.26 Å². The van der Waals surface area contributed by atoms with E-state index in [-0.39, 0.29) is 12.8 Å². The molecule has 25 heavy (non-hydrogen) atoms. The number of nitriles is 1. The number of carboxylic acids is 1. The van der Waals surface area contributed by atoms with Crippen molar-refractivity contribution >= 4 is 17.8 Å². The van der Waals surface area contributed by atoms with Crippen molar-refractivity contribution < 1.29 is 23.9 Å². The van der Waals surface area contributed by atoms with Crippen LogP contribution in [-0.2, 0) is 20.8 Å². The van der Waals surface area contributed by atoms with Gasteiger partial charge in [-0.25, -0.2) is 9.18 Å². The zero-order chi connectivity index (χ0) is 19.0. The Bertz CT molecular complexity index is 669. The molecule has 1 rings (SSSR count). The van der Waals surface area contributed by atoms with Crippen LogP contribution >= 0.6 is 0 Å². The molecule has 0 aliphatic rings. The van der Waals surface area contributed by atoms with E-state index in [9.17, 15) is 23.9 Å². The standard InChI is InChI=1S/C17H20FN3O4/c1-10(9-19)7-15(17(24)25)21-16(23)14(20-11(2)22)8-12-3-5-13(18)6-4-12/h3-6,10,14-15H,7-8H2,1-2H3,(H,20,22)(H,21,23)(H,24,25)/t10-,14+,15+/m0/s1. The molecule has 0 unspecified atom stereocenters. The Kier molecular flexibility index (Phi) is 7.53. The van der Waals surface area contributed by atoms with Gasteiger partial charge in [-0.15, -0.1) is 0 Å². The number of amides is 2. The van der Waals surface area contributed by atoms with Gasteiger partial charge >= 0.3 is 5.97 Å². The Labute approximate surface area is 144 Å². The first-order valence-electron chi connectivity index (χ1n) is 7.67. The topological polar surface area (TPSA) is 119 Å². The molecule has 1 aromatic rings. The molecule has 0 aromatic heterocycles. The van der Waals surface area contributed by atoms with E-state index in [0.29, 0.717) is 5.56 Å². The zero-order valence-corrected chi connectivity index (χ0v) is 14.0. The first kappa shape index (κ1) is 20.1. The summed E-state index contributed by atoms with van der Waals surface area (Å²) in [5, 5.41) is 22.8. The predicted molar refractivity (Wildman–Crippen MR) is 86.7 cm³/mol. The van der Waals surface area contributed by atoms with Crippen molar-refractivity contribution in [2.45, 2.75) is 38.8 Å². The minimum Gasteiger partial charge on any atom is -0.480 e. The van der Waals surface area contributed by atoms with Crippen molar-refractivity contribution in [1.82, 2.24) is 10.6 Å². The SMILES string of the molecule is CC(=O)N[C@H](Cc1ccc(F)cc1)C(=O)N[C@H](C[C@H](C)C#N)C(=O)O. The van der Waals surface area contributed by atoms with Gasteiger partial charge in [-0.2, -0.15) is 5.26 Å². The molecule has 0 saturated carbocycles. The number of halogens is 1. The average Bonchev–Trinajstić information content (AvgIpc) is 2.54. The Morgan fingerprint density at radius 2 is 1.80 bits per heavy atom. The van der Waals surface area contributed by atoms with E-state index in [0.717, 1.165) is 0 Å². The second-order valence-corrected chi connectivity index (χ2v) is 5.75. The van der Waals surface area contributed by atoms with Crippen LogP contribution in [0.5, 0.6) is 0 Å². The number of nitrogens with one attached hydrogen (secondary N) is 2. The fraction of sp³-hybridized carbons (Fsp3) is 0.412. The Hall–Kier alpha value is -2.95. The smallest absolute Gasteiger partial charge is 0.326 e. The average molecular weight is 349 g/mol. The molecule has 1 aromatic carbocycles. The summed E-state index contributed by atoms with van der Waals surface area (Å²) in [5.41, 5.74) is 0.604. The summed E-state index contributed by atoms with van der Waals surface area (Å²) in [7, 11) is 0. The second kappa shape index (κ2) is 9.37. The molecule has 0 aliphatic heterocycles. The summed E-state index contributed by atoms with van der Waals surface area (Å²) in [6, 6.07) is 5.06. The van der Waals surface area contributed by atoms with Crippen LogP contribution < -0.4 is 10.6 Å². The Morgan fingerprint density at radius 1 is 1.20 bits per heavy atom. The van der Waals surface area contributed by atoms with Crippen LogP contribution in [0.15, 0.2) is 24.3 Å². The number of carbonyl (C=O) groups excluding carboxylic acids is 2. The third-order valence-electron chi connectivity index (χ3n) is 3.47. The molecule has 0 aliphatic carbocycles. The quantitative estimate of drug-likeness (QED) is 0.647. The van der Waals surface area contributed by atoms with E-state index < -0.39 is 41.6 Å². The van der Waals surface area contributed by atoms with Gasteiger partial charge in [0, 0.05) is 19.3 Å². The highest BCUT2D eigenvalue weighted by Gasteiger charge is 2.27. The number of carbonyl (C=O) groups is 3. The monoisotopic (exact) mass is 349 g/mol. The highest BCUT2D eigenvalue weighted by molar-refractivity contribution is 5.90. The van der Waals surface area contributed by atoms with Crippen molar-refractivity contribution in [2.24, 2.45) is 5.92 Å². The van der Waals surface area contributed by atoms with Crippen molar-refractivity contribution in [3.63, 3.8) is 0 Å². The molecule has 7 nitrogen and oxygen atoms in total. The molecule has 3 atom stereocenters. The summed E-state index contributed by atoms with van der Waals surface area (Å²) >= 11 is 0. The van der Waals surface area contributed by atoms with Gasteiger partial charge < -0.3 is 15.7 Å². The molecule has 0 radical (unpaired) electrons. The van der Waals surface area contributed by atoms with Crippen LogP contribution in [0.2, 0.25) is 0 Å². The third-order valence-corrected chi connectivity index (χ3v) is 3.47. The van der Waals surface area contributed by atoms with Gasteiger partial charge in [-0.05, 0) is 31.0 Å². The fourth-order valence-electron chi connectivity index (χ4n) is 2.21. The summed E-state index contributed by atoms with van der Waals surface area (Å²) < 4.78 is 13.0. The van der Waals surface area contributed by atoms with E-state index in [1.807, 2.05) is 6.07 Å². The molecule has 0 bridgehead atoms. The van der Waals surface area contributed by atoms with Crippen LogP contribution in [0.3, 0.4) is 0 Å². The minimum atomic E-state index is -1.26. The van der Waals surface area contributed by atoms with Crippen molar-refractivity contribution in [3.8, 4) is 6.07 Å². The zero-order valence-electron chi connectivity index (χ0n) is 14.0. The van der Waals surface area contributed by atoms with Crippen LogP contribution in [0.25, 0.3) is 0 Å².